The number of fused-ring (bicyclic) bond motifs is 1. The Morgan fingerprint density at radius 1 is 1.45 bits per heavy atom. The second-order valence-electron chi connectivity index (χ2n) is 4.76. The van der Waals surface area contributed by atoms with Crippen molar-refractivity contribution in [2.75, 3.05) is 0 Å². The van der Waals surface area contributed by atoms with E-state index in [9.17, 15) is 4.79 Å². The molecule has 1 nitrogen and oxygen atoms in total. The first kappa shape index (κ1) is 7.33. The number of ketones is 1. The van der Waals surface area contributed by atoms with E-state index in [1.165, 1.54) is 6.42 Å². The maximum atomic E-state index is 11.3. The van der Waals surface area contributed by atoms with Gasteiger partial charge in [0.1, 0.15) is 5.78 Å². The number of carbonyl (C=O) groups is 1. The van der Waals surface area contributed by atoms with Gasteiger partial charge in [-0.15, -0.1) is 0 Å². The van der Waals surface area contributed by atoms with Crippen LogP contribution in [0.4, 0.5) is 0 Å². The molecule has 0 saturated heterocycles. The summed E-state index contributed by atoms with van der Waals surface area (Å²) >= 11 is 0. The number of carbonyl (C=O) groups excluding carboxylic acids is 1. The quantitative estimate of drug-likeness (QED) is 0.521. The Hall–Kier alpha value is -0.330. The molecule has 0 aliphatic heterocycles. The summed E-state index contributed by atoms with van der Waals surface area (Å²) in [5.41, 5.74) is 0.473. The minimum atomic E-state index is 0.457. The minimum absolute atomic E-state index is 0.457. The van der Waals surface area contributed by atoms with Gasteiger partial charge in [0.2, 0.25) is 0 Å². The lowest BCUT2D eigenvalue weighted by atomic mass is 9.51. The first-order valence-corrected chi connectivity index (χ1v) is 4.64. The summed E-state index contributed by atoms with van der Waals surface area (Å²) in [7, 11) is 0. The van der Waals surface area contributed by atoms with E-state index in [0.29, 0.717) is 17.1 Å². The van der Waals surface area contributed by atoms with Crippen molar-refractivity contribution in [2.45, 2.75) is 39.5 Å². The molecule has 0 aromatic rings. The average molecular weight is 152 g/mol. The summed E-state index contributed by atoms with van der Waals surface area (Å²) in [6, 6.07) is 0. The molecule has 0 aromatic heterocycles. The van der Waals surface area contributed by atoms with Gasteiger partial charge in [-0.1, -0.05) is 13.8 Å². The maximum absolute atomic E-state index is 11.3. The molecule has 0 unspecified atom stereocenters. The van der Waals surface area contributed by atoms with Gasteiger partial charge in [0.05, 0.1) is 0 Å². The van der Waals surface area contributed by atoms with Crippen LogP contribution in [0.3, 0.4) is 0 Å². The van der Waals surface area contributed by atoms with E-state index in [1.54, 1.807) is 0 Å². The van der Waals surface area contributed by atoms with Crippen molar-refractivity contribution in [3.05, 3.63) is 0 Å². The normalized spacial score (nSPS) is 41.1. The molecular weight excluding hydrogens is 136 g/mol. The molecule has 0 spiro atoms. The van der Waals surface area contributed by atoms with Crippen molar-refractivity contribution >= 4 is 5.78 Å². The second-order valence-corrected chi connectivity index (χ2v) is 4.76. The van der Waals surface area contributed by atoms with Crippen LogP contribution in [0.5, 0.6) is 0 Å². The zero-order chi connectivity index (χ0) is 8.06. The van der Waals surface area contributed by atoms with Crippen LogP contribution in [0.2, 0.25) is 0 Å². The SMILES string of the molecule is CC1(C)C[C@@H]2C(=O)CCC[C@H]21. The molecule has 0 amide bonds. The number of hydrogen-bond donors (Lipinski definition) is 0. The molecule has 0 heterocycles. The van der Waals surface area contributed by atoms with Crippen LogP contribution < -0.4 is 0 Å². The van der Waals surface area contributed by atoms with Gasteiger partial charge in [-0.2, -0.15) is 0 Å². The van der Waals surface area contributed by atoms with Crippen molar-refractivity contribution in [1.29, 1.82) is 0 Å². The summed E-state index contributed by atoms with van der Waals surface area (Å²) < 4.78 is 0. The lowest BCUT2D eigenvalue weighted by Gasteiger charge is -2.53. The highest BCUT2D eigenvalue weighted by atomic mass is 16.1. The molecule has 0 aromatic carbocycles. The monoisotopic (exact) mass is 152 g/mol. The van der Waals surface area contributed by atoms with Crippen LogP contribution in [0.1, 0.15) is 39.5 Å². The van der Waals surface area contributed by atoms with Gasteiger partial charge in [-0.25, -0.2) is 0 Å². The molecule has 2 rings (SSSR count). The first-order valence-electron chi connectivity index (χ1n) is 4.64. The highest BCUT2D eigenvalue weighted by Crippen LogP contribution is 2.55. The first-order chi connectivity index (χ1) is 5.11. The summed E-state index contributed by atoms with van der Waals surface area (Å²) in [5.74, 6) is 1.73. The third-order valence-electron chi connectivity index (χ3n) is 3.59. The van der Waals surface area contributed by atoms with E-state index < -0.39 is 0 Å². The van der Waals surface area contributed by atoms with Gasteiger partial charge < -0.3 is 0 Å². The molecule has 11 heavy (non-hydrogen) atoms. The zero-order valence-corrected chi connectivity index (χ0v) is 7.39. The Balaban J connectivity index is 2.11. The number of hydrogen-bond acceptors (Lipinski definition) is 1. The molecule has 0 bridgehead atoms. The highest BCUT2D eigenvalue weighted by Gasteiger charge is 2.51. The van der Waals surface area contributed by atoms with Crippen LogP contribution in [0.15, 0.2) is 0 Å². The van der Waals surface area contributed by atoms with Gasteiger partial charge in [0.15, 0.2) is 0 Å². The lowest BCUT2D eigenvalue weighted by molar-refractivity contribution is -0.141. The summed E-state index contributed by atoms with van der Waals surface area (Å²) in [6.45, 7) is 4.60. The Kier molecular flexibility index (Phi) is 1.39. The van der Waals surface area contributed by atoms with E-state index in [4.69, 9.17) is 0 Å². The van der Waals surface area contributed by atoms with Gasteiger partial charge in [0.25, 0.3) is 0 Å². The van der Waals surface area contributed by atoms with Crippen LogP contribution in [0.25, 0.3) is 0 Å². The van der Waals surface area contributed by atoms with E-state index >= 15 is 0 Å². The zero-order valence-electron chi connectivity index (χ0n) is 7.39. The van der Waals surface area contributed by atoms with Crippen LogP contribution in [0, 0.1) is 17.3 Å². The minimum Gasteiger partial charge on any atom is -0.299 e. The largest absolute Gasteiger partial charge is 0.299 e. The fraction of sp³-hybridized carbons (Fsp3) is 0.900. The number of Topliss-reactive ketones (excluding diaryl/α,β-unsaturated/α-hetero) is 1. The maximum Gasteiger partial charge on any atom is 0.136 e. The van der Waals surface area contributed by atoms with Crippen molar-refractivity contribution in [1.82, 2.24) is 0 Å². The molecule has 2 saturated carbocycles. The van der Waals surface area contributed by atoms with Gasteiger partial charge in [-0.3, -0.25) is 4.79 Å². The summed E-state index contributed by atoms with van der Waals surface area (Å²) in [5, 5.41) is 0. The Morgan fingerprint density at radius 3 is 2.73 bits per heavy atom. The summed E-state index contributed by atoms with van der Waals surface area (Å²) in [6.07, 6.45) is 4.45. The molecule has 0 N–H and O–H groups in total. The molecule has 2 aliphatic carbocycles. The highest BCUT2D eigenvalue weighted by molar-refractivity contribution is 5.83. The van der Waals surface area contributed by atoms with E-state index in [2.05, 4.69) is 13.8 Å². The fourth-order valence-electron chi connectivity index (χ4n) is 2.86. The van der Waals surface area contributed by atoms with Gasteiger partial charge in [-0.05, 0) is 30.6 Å². The molecule has 62 valence electrons. The standard InChI is InChI=1S/C10H16O/c1-10(2)6-7-8(10)4-3-5-9(7)11/h7-8H,3-6H2,1-2H3/t7-,8+/m0/s1. The topological polar surface area (TPSA) is 17.1 Å². The Bertz CT molecular complexity index is 193. The van der Waals surface area contributed by atoms with Crippen LogP contribution >= 0.6 is 0 Å². The van der Waals surface area contributed by atoms with Gasteiger partial charge in [0, 0.05) is 12.3 Å². The lowest BCUT2D eigenvalue weighted by Crippen LogP contribution is -2.49. The van der Waals surface area contributed by atoms with Crippen molar-refractivity contribution in [2.24, 2.45) is 17.3 Å². The fourth-order valence-corrected chi connectivity index (χ4v) is 2.86. The third-order valence-corrected chi connectivity index (χ3v) is 3.59. The molecule has 2 atom stereocenters. The molecule has 2 fully saturated rings. The summed E-state index contributed by atoms with van der Waals surface area (Å²) in [4.78, 5) is 11.3. The molecule has 2 aliphatic rings. The van der Waals surface area contributed by atoms with E-state index in [0.717, 1.165) is 25.2 Å². The second kappa shape index (κ2) is 2.09. The van der Waals surface area contributed by atoms with Crippen molar-refractivity contribution < 1.29 is 4.79 Å². The average Bonchev–Trinajstić information content (AvgIpc) is 1.92. The van der Waals surface area contributed by atoms with Crippen molar-refractivity contribution in [3.8, 4) is 0 Å². The third kappa shape index (κ3) is 0.935. The predicted molar refractivity (Wildman–Crippen MR) is 44.2 cm³/mol. The predicted octanol–water partition coefficient (Wildman–Crippen LogP) is 2.40. The van der Waals surface area contributed by atoms with Crippen molar-refractivity contribution in [3.63, 3.8) is 0 Å². The Labute approximate surface area is 68.2 Å². The van der Waals surface area contributed by atoms with E-state index in [-0.39, 0.29) is 0 Å². The van der Waals surface area contributed by atoms with Gasteiger partial charge >= 0.3 is 0 Å². The Morgan fingerprint density at radius 2 is 2.18 bits per heavy atom. The molecular formula is C10H16O. The van der Waals surface area contributed by atoms with E-state index in [1.807, 2.05) is 0 Å². The smallest absolute Gasteiger partial charge is 0.136 e. The molecule has 1 heteroatoms. The van der Waals surface area contributed by atoms with Crippen LogP contribution in [-0.4, -0.2) is 5.78 Å². The van der Waals surface area contributed by atoms with Crippen LogP contribution in [-0.2, 0) is 4.79 Å². The number of rotatable bonds is 0. The molecule has 0 radical (unpaired) electrons.